The third-order valence-electron chi connectivity index (χ3n) is 4.82. The number of carbonyl (C=O) groups excluding carboxylic acids is 1. The van der Waals surface area contributed by atoms with E-state index in [2.05, 4.69) is 51.3 Å². The fraction of sp³-hybridized carbons (Fsp3) is 0.250. The molecule has 0 spiro atoms. The van der Waals surface area contributed by atoms with Crippen LogP contribution in [0.3, 0.4) is 0 Å². The summed E-state index contributed by atoms with van der Waals surface area (Å²) in [6.45, 7) is 0.557. The van der Waals surface area contributed by atoms with Gasteiger partial charge in [0.1, 0.15) is 12.2 Å². The Morgan fingerprint density at radius 3 is 2.69 bits per heavy atom. The first-order valence-electron chi connectivity index (χ1n) is 8.69. The molecule has 1 amide bonds. The first-order valence-corrected chi connectivity index (χ1v) is 8.69. The van der Waals surface area contributed by atoms with Crippen LogP contribution in [0.1, 0.15) is 11.4 Å². The Morgan fingerprint density at radius 1 is 1.08 bits per heavy atom. The average molecular weight is 347 g/mol. The first-order chi connectivity index (χ1) is 12.6. The topological polar surface area (TPSA) is 64.7 Å². The lowest BCUT2D eigenvalue weighted by Crippen LogP contribution is -2.27. The number of carbonyl (C=O) groups is 1. The number of rotatable bonds is 5. The number of fused-ring (bicyclic) bond motifs is 3. The van der Waals surface area contributed by atoms with Gasteiger partial charge in [-0.25, -0.2) is 4.98 Å². The fourth-order valence-electron chi connectivity index (χ4n) is 3.43. The Morgan fingerprint density at radius 2 is 1.88 bits per heavy atom. The number of nitrogens with one attached hydrogen (secondary N) is 1. The molecule has 0 aliphatic heterocycles. The summed E-state index contributed by atoms with van der Waals surface area (Å²) in [5, 5.41) is 9.40. The molecule has 0 radical (unpaired) electrons. The van der Waals surface area contributed by atoms with Crippen molar-refractivity contribution in [2.75, 3.05) is 6.54 Å². The van der Waals surface area contributed by atoms with E-state index in [1.165, 1.54) is 28.1 Å². The second kappa shape index (κ2) is 6.63. The van der Waals surface area contributed by atoms with Crippen molar-refractivity contribution >= 4 is 27.7 Å². The van der Waals surface area contributed by atoms with Gasteiger partial charge in [-0.05, 0) is 23.8 Å². The van der Waals surface area contributed by atoms with Gasteiger partial charge in [0.25, 0.3) is 0 Å². The fourth-order valence-corrected chi connectivity index (χ4v) is 3.43. The van der Waals surface area contributed by atoms with Crippen LogP contribution in [0.5, 0.6) is 0 Å². The van der Waals surface area contributed by atoms with E-state index >= 15 is 0 Å². The number of aromatic nitrogens is 4. The lowest BCUT2D eigenvalue weighted by atomic mass is 10.1. The van der Waals surface area contributed by atoms with Gasteiger partial charge in [-0.15, -0.1) is 0 Å². The van der Waals surface area contributed by atoms with E-state index in [9.17, 15) is 4.79 Å². The molecule has 2 aromatic heterocycles. The van der Waals surface area contributed by atoms with Crippen molar-refractivity contribution in [1.82, 2.24) is 24.6 Å². The average Bonchev–Trinajstić information content (AvgIpc) is 3.17. The zero-order valence-corrected chi connectivity index (χ0v) is 14.9. The second-order valence-electron chi connectivity index (χ2n) is 6.50. The molecule has 2 aromatic carbocycles. The maximum absolute atomic E-state index is 12.3. The highest BCUT2D eigenvalue weighted by Crippen LogP contribution is 2.28. The molecular weight excluding hydrogens is 326 g/mol. The summed E-state index contributed by atoms with van der Waals surface area (Å²) < 4.78 is 3.91. The third-order valence-corrected chi connectivity index (χ3v) is 4.82. The largest absolute Gasteiger partial charge is 0.355 e. The minimum atomic E-state index is 0.0201. The lowest BCUT2D eigenvalue weighted by molar-refractivity contribution is -0.120. The summed E-state index contributed by atoms with van der Waals surface area (Å²) in [7, 11) is 3.92. The van der Waals surface area contributed by atoms with E-state index < -0.39 is 0 Å². The molecule has 4 rings (SSSR count). The van der Waals surface area contributed by atoms with Crippen molar-refractivity contribution in [3.05, 3.63) is 60.2 Å². The molecule has 0 aliphatic carbocycles. The third kappa shape index (κ3) is 2.94. The van der Waals surface area contributed by atoms with Gasteiger partial charge in [0, 0.05) is 48.9 Å². The summed E-state index contributed by atoms with van der Waals surface area (Å²) in [4.78, 5) is 16.4. The zero-order valence-electron chi connectivity index (χ0n) is 14.9. The normalized spacial score (nSPS) is 11.3. The molecule has 0 aliphatic rings. The monoisotopic (exact) mass is 347 g/mol. The Balaban J connectivity index is 1.47. The highest BCUT2D eigenvalue weighted by atomic mass is 16.1. The lowest BCUT2D eigenvalue weighted by Gasteiger charge is -2.06. The van der Waals surface area contributed by atoms with E-state index in [1.807, 2.05) is 25.2 Å². The van der Waals surface area contributed by atoms with Crippen molar-refractivity contribution in [2.45, 2.75) is 12.8 Å². The molecule has 132 valence electrons. The Kier molecular flexibility index (Phi) is 4.16. The number of amides is 1. The molecule has 1 N–H and O–H groups in total. The van der Waals surface area contributed by atoms with Crippen LogP contribution in [0.2, 0.25) is 0 Å². The minimum absolute atomic E-state index is 0.0201. The summed E-state index contributed by atoms with van der Waals surface area (Å²) in [5.41, 5.74) is 3.40. The second-order valence-corrected chi connectivity index (χ2v) is 6.50. The molecule has 0 bridgehead atoms. The number of aryl methyl sites for hydroxylation is 2. The highest BCUT2D eigenvalue weighted by Gasteiger charge is 2.10. The van der Waals surface area contributed by atoms with Gasteiger partial charge in [0.2, 0.25) is 5.91 Å². The van der Waals surface area contributed by atoms with Crippen molar-refractivity contribution in [1.29, 1.82) is 0 Å². The molecule has 0 unspecified atom stereocenters. The zero-order chi connectivity index (χ0) is 18.1. The molecule has 26 heavy (non-hydrogen) atoms. The quantitative estimate of drug-likeness (QED) is 0.603. The van der Waals surface area contributed by atoms with Crippen molar-refractivity contribution < 1.29 is 4.79 Å². The van der Waals surface area contributed by atoms with Crippen LogP contribution in [0.25, 0.3) is 21.8 Å². The van der Waals surface area contributed by atoms with Crippen molar-refractivity contribution in [3.63, 3.8) is 0 Å². The van der Waals surface area contributed by atoms with Crippen LogP contribution in [-0.2, 0) is 31.7 Å². The van der Waals surface area contributed by atoms with Crippen LogP contribution in [-0.4, -0.2) is 31.8 Å². The number of benzene rings is 2. The first kappa shape index (κ1) is 16.3. The SMILES string of the molecule is Cn1ncnc1CCNC(=O)Cc1ccc2c(c1)c1ccccc1n2C. The summed E-state index contributed by atoms with van der Waals surface area (Å²) in [6.07, 6.45) is 2.57. The van der Waals surface area contributed by atoms with Crippen LogP contribution < -0.4 is 5.32 Å². The van der Waals surface area contributed by atoms with E-state index in [0.717, 1.165) is 11.4 Å². The molecular formula is C20H21N5O. The van der Waals surface area contributed by atoms with Crippen molar-refractivity contribution in [3.8, 4) is 0 Å². The number of hydrogen-bond donors (Lipinski definition) is 1. The van der Waals surface area contributed by atoms with E-state index in [4.69, 9.17) is 0 Å². The molecule has 4 aromatic rings. The van der Waals surface area contributed by atoms with Crippen LogP contribution >= 0.6 is 0 Å². The van der Waals surface area contributed by atoms with Gasteiger partial charge in [0.05, 0.1) is 6.42 Å². The maximum atomic E-state index is 12.3. The Hall–Kier alpha value is -3.15. The molecule has 0 saturated carbocycles. The predicted molar refractivity (Wildman–Crippen MR) is 102 cm³/mol. The van der Waals surface area contributed by atoms with Gasteiger partial charge in [-0.2, -0.15) is 5.10 Å². The number of hydrogen-bond acceptors (Lipinski definition) is 3. The van der Waals surface area contributed by atoms with Gasteiger partial charge in [-0.3, -0.25) is 9.48 Å². The number of nitrogens with zero attached hydrogens (tertiary/aromatic N) is 4. The van der Waals surface area contributed by atoms with E-state index in [-0.39, 0.29) is 5.91 Å². The van der Waals surface area contributed by atoms with Gasteiger partial charge < -0.3 is 9.88 Å². The highest BCUT2D eigenvalue weighted by molar-refractivity contribution is 6.08. The summed E-state index contributed by atoms with van der Waals surface area (Å²) in [6, 6.07) is 14.6. The molecule has 6 heteroatoms. The van der Waals surface area contributed by atoms with E-state index in [0.29, 0.717) is 19.4 Å². The van der Waals surface area contributed by atoms with Gasteiger partial charge in [-0.1, -0.05) is 24.3 Å². The molecule has 6 nitrogen and oxygen atoms in total. The maximum Gasteiger partial charge on any atom is 0.224 e. The van der Waals surface area contributed by atoms with Gasteiger partial charge >= 0.3 is 0 Å². The summed E-state index contributed by atoms with van der Waals surface area (Å²) in [5.74, 6) is 0.884. The number of para-hydroxylation sites is 1. The molecule has 2 heterocycles. The molecule has 0 atom stereocenters. The standard InChI is InChI=1S/C20H21N5O/c1-24-17-6-4-3-5-15(17)16-11-14(7-8-18(16)24)12-20(26)21-10-9-19-22-13-23-25(19)2/h3-8,11,13H,9-10,12H2,1-2H3,(H,21,26). The Labute approximate surface area is 151 Å². The van der Waals surface area contributed by atoms with Crippen molar-refractivity contribution in [2.24, 2.45) is 14.1 Å². The van der Waals surface area contributed by atoms with E-state index in [1.54, 1.807) is 4.68 Å². The molecule has 0 fully saturated rings. The van der Waals surface area contributed by atoms with Crippen LogP contribution in [0.4, 0.5) is 0 Å². The summed E-state index contributed by atoms with van der Waals surface area (Å²) >= 11 is 0. The van der Waals surface area contributed by atoms with Gasteiger partial charge in [0.15, 0.2) is 0 Å². The predicted octanol–water partition coefficient (Wildman–Crippen LogP) is 2.36. The van der Waals surface area contributed by atoms with Crippen LogP contribution in [0.15, 0.2) is 48.8 Å². The minimum Gasteiger partial charge on any atom is -0.355 e. The smallest absolute Gasteiger partial charge is 0.224 e. The molecule has 0 saturated heterocycles. The Bertz CT molecular complexity index is 1090. The van der Waals surface area contributed by atoms with Crippen LogP contribution in [0, 0.1) is 0 Å².